The van der Waals surface area contributed by atoms with E-state index in [9.17, 15) is 4.79 Å². The Morgan fingerprint density at radius 2 is 1.77 bits per heavy atom. The fourth-order valence-corrected chi connectivity index (χ4v) is 2.77. The van der Waals surface area contributed by atoms with Gasteiger partial charge in [-0.3, -0.25) is 4.79 Å². The van der Waals surface area contributed by atoms with E-state index in [1.54, 1.807) is 0 Å². The Kier molecular flexibility index (Phi) is 6.75. The van der Waals surface area contributed by atoms with Gasteiger partial charge in [-0.15, -0.1) is 0 Å². The van der Waals surface area contributed by atoms with Crippen molar-refractivity contribution in [3.63, 3.8) is 0 Å². The third-order valence-electron chi connectivity index (χ3n) is 5.08. The maximum atomic E-state index is 11.4. The van der Waals surface area contributed by atoms with E-state index in [2.05, 4.69) is 40.7 Å². The SMILES string of the molecule is CCOC(=O)CCCOc1ccc(B2OC(C)(C)C(C)(C)O2)cc1CC. The van der Waals surface area contributed by atoms with Gasteiger partial charge in [-0.05, 0) is 64.6 Å². The van der Waals surface area contributed by atoms with Crippen LogP contribution in [0, 0.1) is 0 Å². The van der Waals surface area contributed by atoms with E-state index in [4.69, 9.17) is 18.8 Å². The van der Waals surface area contributed by atoms with Crippen molar-refractivity contribution in [3.05, 3.63) is 23.8 Å². The number of hydrogen-bond acceptors (Lipinski definition) is 5. The van der Waals surface area contributed by atoms with Crippen LogP contribution in [0.5, 0.6) is 5.75 Å². The molecule has 1 saturated heterocycles. The number of carbonyl (C=O) groups is 1. The molecule has 1 aromatic carbocycles. The van der Waals surface area contributed by atoms with Crippen molar-refractivity contribution in [2.45, 2.75) is 72.0 Å². The second-order valence-electron chi connectivity index (χ2n) is 7.57. The number of benzene rings is 1. The molecule has 0 bridgehead atoms. The minimum atomic E-state index is -0.372. The number of ether oxygens (including phenoxy) is 2. The molecule has 1 fully saturated rings. The summed E-state index contributed by atoms with van der Waals surface area (Å²) in [5.41, 5.74) is 1.39. The molecular weight excluding hydrogens is 331 g/mol. The summed E-state index contributed by atoms with van der Waals surface area (Å²) in [6.45, 7) is 13.0. The van der Waals surface area contributed by atoms with E-state index < -0.39 is 0 Å². The summed E-state index contributed by atoms with van der Waals surface area (Å²) in [7, 11) is -0.372. The molecule has 0 atom stereocenters. The molecule has 1 aliphatic rings. The van der Waals surface area contributed by atoms with Gasteiger partial charge in [0.05, 0.1) is 24.4 Å². The first kappa shape index (κ1) is 20.8. The highest BCUT2D eigenvalue weighted by atomic mass is 16.7. The van der Waals surface area contributed by atoms with Gasteiger partial charge in [-0.2, -0.15) is 0 Å². The molecule has 1 heterocycles. The third kappa shape index (κ3) is 4.80. The third-order valence-corrected chi connectivity index (χ3v) is 5.08. The zero-order chi connectivity index (χ0) is 19.4. The Balaban J connectivity index is 1.98. The van der Waals surface area contributed by atoms with Crippen LogP contribution in [0.1, 0.15) is 59.9 Å². The van der Waals surface area contributed by atoms with Crippen LogP contribution in [0.2, 0.25) is 0 Å². The summed E-state index contributed by atoms with van der Waals surface area (Å²) in [4.78, 5) is 11.4. The number of esters is 1. The number of hydrogen-bond donors (Lipinski definition) is 0. The Morgan fingerprint density at radius 3 is 2.35 bits per heavy atom. The lowest BCUT2D eigenvalue weighted by molar-refractivity contribution is -0.143. The Bertz CT molecular complexity index is 611. The van der Waals surface area contributed by atoms with Gasteiger partial charge in [0.15, 0.2) is 0 Å². The van der Waals surface area contributed by atoms with Gasteiger partial charge in [0.25, 0.3) is 0 Å². The molecule has 0 radical (unpaired) electrons. The van der Waals surface area contributed by atoms with Gasteiger partial charge in [0, 0.05) is 6.42 Å². The molecule has 26 heavy (non-hydrogen) atoms. The smallest absolute Gasteiger partial charge is 0.493 e. The van der Waals surface area contributed by atoms with Crippen molar-refractivity contribution in [1.82, 2.24) is 0 Å². The fraction of sp³-hybridized carbons (Fsp3) is 0.650. The Hall–Kier alpha value is -1.53. The van der Waals surface area contributed by atoms with Gasteiger partial charge < -0.3 is 18.8 Å². The van der Waals surface area contributed by atoms with E-state index in [0.29, 0.717) is 26.1 Å². The second-order valence-corrected chi connectivity index (χ2v) is 7.57. The van der Waals surface area contributed by atoms with Crippen LogP contribution in [0.25, 0.3) is 0 Å². The summed E-state index contributed by atoms with van der Waals surface area (Å²) in [6, 6.07) is 6.04. The molecule has 0 unspecified atom stereocenters. The maximum Gasteiger partial charge on any atom is 0.494 e. The van der Waals surface area contributed by atoms with Crippen LogP contribution in [-0.2, 0) is 25.3 Å². The first-order valence-electron chi connectivity index (χ1n) is 9.47. The zero-order valence-electron chi connectivity index (χ0n) is 16.9. The number of aryl methyl sites for hydroxylation is 1. The topological polar surface area (TPSA) is 54.0 Å². The van der Waals surface area contributed by atoms with Crippen molar-refractivity contribution >= 4 is 18.6 Å². The van der Waals surface area contributed by atoms with Gasteiger partial charge in [-0.1, -0.05) is 19.1 Å². The largest absolute Gasteiger partial charge is 0.494 e. The molecule has 1 aromatic rings. The number of rotatable bonds is 8. The molecule has 5 nitrogen and oxygen atoms in total. The highest BCUT2D eigenvalue weighted by molar-refractivity contribution is 6.62. The number of carbonyl (C=O) groups excluding carboxylic acids is 1. The predicted molar refractivity (Wildman–Crippen MR) is 103 cm³/mol. The van der Waals surface area contributed by atoms with Crippen LogP contribution in [0.3, 0.4) is 0 Å². The molecule has 0 amide bonds. The lowest BCUT2D eigenvalue weighted by Crippen LogP contribution is -2.41. The van der Waals surface area contributed by atoms with Crippen LogP contribution < -0.4 is 10.2 Å². The van der Waals surface area contributed by atoms with E-state index in [1.807, 2.05) is 19.1 Å². The van der Waals surface area contributed by atoms with Gasteiger partial charge in [0.1, 0.15) is 5.75 Å². The summed E-state index contributed by atoms with van der Waals surface area (Å²) in [5.74, 6) is 0.666. The molecule has 0 aromatic heterocycles. The Morgan fingerprint density at radius 1 is 1.12 bits per heavy atom. The zero-order valence-corrected chi connectivity index (χ0v) is 16.9. The molecule has 0 aliphatic carbocycles. The molecule has 0 saturated carbocycles. The standard InChI is InChI=1S/C20H31BO5/c1-7-15-14-16(21-25-19(3,4)20(5,6)26-21)11-12-17(15)24-13-9-10-18(22)23-8-2/h11-12,14H,7-10,13H2,1-6H3. The average Bonchev–Trinajstić information content (AvgIpc) is 2.79. The summed E-state index contributed by atoms with van der Waals surface area (Å²) < 4.78 is 23.0. The minimum absolute atomic E-state index is 0.178. The predicted octanol–water partition coefficient (Wildman–Crippen LogP) is 3.27. The van der Waals surface area contributed by atoms with E-state index in [1.165, 1.54) is 0 Å². The lowest BCUT2D eigenvalue weighted by atomic mass is 9.78. The molecule has 0 spiro atoms. The summed E-state index contributed by atoms with van der Waals surface area (Å²) in [6.07, 6.45) is 1.86. The quantitative estimate of drug-likeness (QED) is 0.404. The first-order chi connectivity index (χ1) is 12.2. The van der Waals surface area contributed by atoms with Crippen molar-refractivity contribution in [2.75, 3.05) is 13.2 Å². The normalized spacial score (nSPS) is 18.0. The van der Waals surface area contributed by atoms with Gasteiger partial charge >= 0.3 is 13.1 Å². The van der Waals surface area contributed by atoms with Gasteiger partial charge in [-0.25, -0.2) is 0 Å². The highest BCUT2D eigenvalue weighted by Crippen LogP contribution is 2.36. The molecule has 1 aliphatic heterocycles. The van der Waals surface area contributed by atoms with E-state index >= 15 is 0 Å². The average molecular weight is 362 g/mol. The first-order valence-corrected chi connectivity index (χ1v) is 9.47. The minimum Gasteiger partial charge on any atom is -0.493 e. The van der Waals surface area contributed by atoms with E-state index in [0.717, 1.165) is 23.2 Å². The van der Waals surface area contributed by atoms with Crippen molar-refractivity contribution in [2.24, 2.45) is 0 Å². The highest BCUT2D eigenvalue weighted by Gasteiger charge is 2.51. The second kappa shape index (κ2) is 8.44. The van der Waals surface area contributed by atoms with Crippen molar-refractivity contribution < 1.29 is 23.6 Å². The molecule has 2 rings (SSSR count). The van der Waals surface area contributed by atoms with Crippen LogP contribution in [-0.4, -0.2) is 37.5 Å². The van der Waals surface area contributed by atoms with Crippen LogP contribution >= 0.6 is 0 Å². The summed E-state index contributed by atoms with van der Waals surface area (Å²) >= 11 is 0. The summed E-state index contributed by atoms with van der Waals surface area (Å²) in [5, 5.41) is 0. The molecule has 6 heteroatoms. The van der Waals surface area contributed by atoms with Crippen LogP contribution in [0.15, 0.2) is 18.2 Å². The Labute approximate surface area is 157 Å². The van der Waals surface area contributed by atoms with Crippen molar-refractivity contribution in [1.29, 1.82) is 0 Å². The molecule has 0 N–H and O–H groups in total. The molecular formula is C20H31BO5. The molecule has 144 valence electrons. The fourth-order valence-electron chi connectivity index (χ4n) is 2.77. The lowest BCUT2D eigenvalue weighted by Gasteiger charge is -2.32. The monoisotopic (exact) mass is 362 g/mol. The van der Waals surface area contributed by atoms with Crippen LogP contribution in [0.4, 0.5) is 0 Å². The maximum absolute atomic E-state index is 11.4. The van der Waals surface area contributed by atoms with Crippen molar-refractivity contribution in [3.8, 4) is 5.75 Å². The van der Waals surface area contributed by atoms with E-state index in [-0.39, 0.29) is 24.3 Å². The van der Waals surface area contributed by atoms with Gasteiger partial charge in [0.2, 0.25) is 0 Å².